The van der Waals surface area contributed by atoms with Crippen LogP contribution in [0.3, 0.4) is 0 Å². The largest absolute Gasteiger partial charge is 0.480 e. The highest BCUT2D eigenvalue weighted by Crippen LogP contribution is 2.44. The van der Waals surface area contributed by atoms with Crippen LogP contribution in [0.1, 0.15) is 58.6 Å². The second kappa shape index (κ2) is 15.3. The lowest BCUT2D eigenvalue weighted by Gasteiger charge is -2.29. The average Bonchev–Trinajstić information content (AvgIpc) is 3.31. The van der Waals surface area contributed by atoms with E-state index in [9.17, 15) is 29.1 Å². The fourth-order valence-corrected chi connectivity index (χ4v) is 5.25. The molecule has 0 aliphatic heterocycles. The first-order valence-corrected chi connectivity index (χ1v) is 15.8. The van der Waals surface area contributed by atoms with Gasteiger partial charge in [0.25, 0.3) is 0 Å². The molecule has 1 aliphatic carbocycles. The van der Waals surface area contributed by atoms with Gasteiger partial charge in [0.1, 0.15) is 31.1 Å². The first-order valence-electron chi connectivity index (χ1n) is 15.8. The van der Waals surface area contributed by atoms with Crippen molar-refractivity contribution in [3.63, 3.8) is 0 Å². The van der Waals surface area contributed by atoms with Crippen molar-refractivity contribution in [2.24, 2.45) is 0 Å². The van der Waals surface area contributed by atoms with Gasteiger partial charge in [-0.05, 0) is 69.9 Å². The number of carboxylic acids is 1. The molecule has 0 fully saturated rings. The highest BCUT2D eigenvalue weighted by Gasteiger charge is 2.30. The number of carbonyl (C=O) groups is 4. The van der Waals surface area contributed by atoms with Crippen molar-refractivity contribution in [1.82, 2.24) is 19.8 Å². The first-order chi connectivity index (χ1) is 23.0. The second-order valence-electron chi connectivity index (χ2n) is 13.6. The highest BCUT2D eigenvalue weighted by molar-refractivity contribution is 5.84. The summed E-state index contributed by atoms with van der Waals surface area (Å²) in [6.07, 6.45) is -0.331. The Labute approximate surface area is 284 Å². The fraction of sp³-hybridized carbons (Fsp3) is 0.429. The molecule has 2 aromatic carbocycles. The number of alkyl carbamates (subject to hydrolysis) is 1. The number of ether oxygens (including phenoxy) is 3. The molecule has 1 heterocycles. The Bertz CT molecular complexity index is 1700. The van der Waals surface area contributed by atoms with Crippen LogP contribution in [0.15, 0.2) is 65.6 Å². The summed E-state index contributed by atoms with van der Waals surface area (Å²) in [5.41, 5.74) is 2.00. The van der Waals surface area contributed by atoms with E-state index in [1.54, 1.807) is 20.8 Å². The van der Waals surface area contributed by atoms with Gasteiger partial charge in [-0.25, -0.2) is 14.4 Å². The summed E-state index contributed by atoms with van der Waals surface area (Å²) in [7, 11) is 0. The van der Waals surface area contributed by atoms with Crippen LogP contribution in [0.4, 0.5) is 15.4 Å². The van der Waals surface area contributed by atoms with E-state index in [-0.39, 0.29) is 31.5 Å². The van der Waals surface area contributed by atoms with Gasteiger partial charge in [0.15, 0.2) is 0 Å². The van der Waals surface area contributed by atoms with Crippen molar-refractivity contribution < 1.29 is 38.5 Å². The quantitative estimate of drug-likeness (QED) is 0.251. The minimum atomic E-state index is -1.30. The Morgan fingerprint density at radius 2 is 1.53 bits per heavy atom. The molecule has 0 bridgehead atoms. The maximum Gasteiger partial charge on any atom is 0.413 e. The molecule has 14 heteroatoms. The standard InChI is InChI=1S/C35H43N5O9/c1-34(2,3)48-20-22(36-32(45)47-21-27-25-13-9-7-11-23(25)24-12-8-10-14-26(24)27)17-40(19-30(42)43)29(41)18-39-16-15-28(37-31(39)44)38-33(46)49-35(4,5)6/h7-16,22,27H,17-21H2,1-6H3,(H,36,45)(H,42,43)(H,37,38,44,46)/t22-/m1/s1. The third-order valence-electron chi connectivity index (χ3n) is 7.31. The zero-order valence-corrected chi connectivity index (χ0v) is 28.5. The van der Waals surface area contributed by atoms with Crippen LogP contribution < -0.4 is 16.3 Å². The van der Waals surface area contributed by atoms with E-state index in [1.807, 2.05) is 69.3 Å². The number of amides is 3. The van der Waals surface area contributed by atoms with E-state index >= 15 is 0 Å². The summed E-state index contributed by atoms with van der Waals surface area (Å²) in [5, 5.41) is 14.7. The van der Waals surface area contributed by atoms with Gasteiger partial charge in [-0.3, -0.25) is 19.5 Å². The molecule has 1 atom stereocenters. The monoisotopic (exact) mass is 677 g/mol. The van der Waals surface area contributed by atoms with Crippen molar-refractivity contribution in [2.45, 2.75) is 71.2 Å². The molecule has 1 aliphatic rings. The van der Waals surface area contributed by atoms with Crippen molar-refractivity contribution in [2.75, 3.05) is 31.6 Å². The molecule has 1 aromatic heterocycles. The van der Waals surface area contributed by atoms with Crippen molar-refractivity contribution in [1.29, 1.82) is 0 Å². The molecule has 4 rings (SSSR count). The third-order valence-corrected chi connectivity index (χ3v) is 7.31. The number of hydrogen-bond acceptors (Lipinski definition) is 9. The predicted molar refractivity (Wildman–Crippen MR) is 180 cm³/mol. The Morgan fingerprint density at radius 3 is 2.08 bits per heavy atom. The van der Waals surface area contributed by atoms with Crippen LogP contribution in [0.25, 0.3) is 11.1 Å². The Hall–Kier alpha value is -5.24. The van der Waals surface area contributed by atoms with Gasteiger partial charge in [0.05, 0.1) is 18.2 Å². The van der Waals surface area contributed by atoms with E-state index in [2.05, 4.69) is 15.6 Å². The van der Waals surface area contributed by atoms with Crippen molar-refractivity contribution >= 4 is 29.9 Å². The highest BCUT2D eigenvalue weighted by atomic mass is 16.6. The summed E-state index contributed by atoms with van der Waals surface area (Å²) in [4.78, 5) is 67.8. The lowest BCUT2D eigenvalue weighted by molar-refractivity contribution is -0.145. The van der Waals surface area contributed by atoms with Crippen molar-refractivity contribution in [3.8, 4) is 11.1 Å². The number of hydrogen-bond donors (Lipinski definition) is 3. The first kappa shape index (κ1) is 36.6. The van der Waals surface area contributed by atoms with Crippen LogP contribution in [0, 0.1) is 0 Å². The maximum absolute atomic E-state index is 13.4. The molecule has 0 saturated carbocycles. The molecule has 14 nitrogen and oxygen atoms in total. The molecule has 49 heavy (non-hydrogen) atoms. The molecular weight excluding hydrogens is 634 g/mol. The molecule has 3 aromatic rings. The van der Waals surface area contributed by atoms with E-state index in [1.165, 1.54) is 12.3 Å². The molecule has 3 amide bonds. The molecule has 0 unspecified atom stereocenters. The van der Waals surface area contributed by atoms with E-state index in [0.29, 0.717) is 0 Å². The van der Waals surface area contributed by atoms with Gasteiger partial charge in [-0.15, -0.1) is 0 Å². The lowest BCUT2D eigenvalue weighted by atomic mass is 9.98. The SMILES string of the molecule is CC(C)(C)OC[C@@H](CN(CC(=O)O)C(=O)Cn1ccc(NC(=O)OC(C)(C)C)nc1=O)NC(=O)OCC1c2ccccc2-c2ccccc21. The van der Waals surface area contributed by atoms with Crippen LogP contribution in [0.5, 0.6) is 0 Å². The number of carboxylic acid groups (broad SMARTS) is 1. The normalized spacial score (nSPS) is 13.1. The van der Waals surface area contributed by atoms with Crippen LogP contribution in [-0.2, 0) is 30.3 Å². The van der Waals surface area contributed by atoms with Gasteiger partial charge in [-0.1, -0.05) is 48.5 Å². The topological polar surface area (TPSA) is 178 Å². The molecule has 3 N–H and O–H groups in total. The predicted octanol–water partition coefficient (Wildman–Crippen LogP) is 4.23. The minimum Gasteiger partial charge on any atom is -0.480 e. The Balaban J connectivity index is 1.44. The van der Waals surface area contributed by atoms with Crippen LogP contribution >= 0.6 is 0 Å². The van der Waals surface area contributed by atoms with Gasteiger partial charge < -0.3 is 29.5 Å². The number of aliphatic carboxylic acids is 1. The van der Waals surface area contributed by atoms with Crippen LogP contribution in [-0.4, -0.2) is 87.2 Å². The number of rotatable bonds is 12. The fourth-order valence-electron chi connectivity index (χ4n) is 5.25. The Kier molecular flexibility index (Phi) is 11.4. The number of nitrogens with one attached hydrogen (secondary N) is 2. The van der Waals surface area contributed by atoms with Crippen LogP contribution in [0.2, 0.25) is 0 Å². The molecule has 0 spiro atoms. The van der Waals surface area contributed by atoms with Gasteiger partial charge in [0.2, 0.25) is 5.91 Å². The smallest absolute Gasteiger partial charge is 0.413 e. The van der Waals surface area contributed by atoms with E-state index < -0.39 is 60.1 Å². The second-order valence-corrected chi connectivity index (χ2v) is 13.6. The minimum absolute atomic E-state index is 0.0547. The molecular formula is C35H43N5O9. The number of aromatic nitrogens is 2. The number of benzene rings is 2. The molecule has 0 saturated heterocycles. The number of carbonyl (C=O) groups excluding carboxylic acids is 3. The zero-order valence-electron chi connectivity index (χ0n) is 28.5. The molecule has 262 valence electrons. The lowest BCUT2D eigenvalue weighted by Crippen LogP contribution is -2.51. The van der Waals surface area contributed by atoms with Crippen molar-refractivity contribution in [3.05, 3.63) is 82.4 Å². The Morgan fingerprint density at radius 1 is 0.918 bits per heavy atom. The summed E-state index contributed by atoms with van der Waals surface area (Å²) >= 11 is 0. The average molecular weight is 678 g/mol. The number of anilines is 1. The van der Waals surface area contributed by atoms with Gasteiger partial charge >= 0.3 is 23.8 Å². The van der Waals surface area contributed by atoms with E-state index in [0.717, 1.165) is 31.7 Å². The summed E-state index contributed by atoms with van der Waals surface area (Å²) in [6, 6.07) is 16.3. The molecule has 0 radical (unpaired) electrons. The van der Waals surface area contributed by atoms with Gasteiger partial charge in [0, 0.05) is 18.7 Å². The van der Waals surface area contributed by atoms with Gasteiger partial charge in [-0.2, -0.15) is 4.98 Å². The number of nitrogens with zero attached hydrogens (tertiary/aromatic N) is 3. The van der Waals surface area contributed by atoms with E-state index in [4.69, 9.17) is 14.2 Å². The third kappa shape index (κ3) is 10.6. The number of fused-ring (bicyclic) bond motifs is 3. The zero-order chi connectivity index (χ0) is 35.9. The summed E-state index contributed by atoms with van der Waals surface area (Å²) < 4.78 is 17.7. The summed E-state index contributed by atoms with van der Waals surface area (Å²) in [6.45, 7) is 8.96. The summed E-state index contributed by atoms with van der Waals surface area (Å²) in [5.74, 6) is -2.29. The maximum atomic E-state index is 13.4.